The average Bonchev–Trinajstić information content (AvgIpc) is 1.35. The summed E-state index contributed by atoms with van der Waals surface area (Å²) in [6.07, 6.45) is 0. The van der Waals surface area contributed by atoms with Gasteiger partial charge in [0.15, 0.2) is 0 Å². The van der Waals surface area contributed by atoms with Gasteiger partial charge in [0, 0.05) is 0 Å². The van der Waals surface area contributed by atoms with E-state index in [0.29, 0.717) is 5.82 Å². The van der Waals surface area contributed by atoms with Crippen LogP contribution in [0.2, 0.25) is 0 Å². The molecule has 0 spiro atoms. The van der Waals surface area contributed by atoms with Crippen molar-refractivity contribution in [2.24, 2.45) is 0 Å². The predicted molar refractivity (Wildman–Crippen MR) is 17.8 cm³/mol. The molecule has 0 aromatic carbocycles. The minimum Gasteiger partial charge on any atom is -0.808 e. The summed E-state index contributed by atoms with van der Waals surface area (Å²) in [6.45, 7) is 2.74. The van der Waals surface area contributed by atoms with Gasteiger partial charge in [0.2, 0.25) is 0 Å². The molecule has 0 saturated heterocycles. The predicted octanol–water partition coefficient (Wildman–Crippen LogP) is -0.959. The Hall–Kier alpha value is 0.513. The van der Waals surface area contributed by atoms with Gasteiger partial charge in [0.25, 0.3) is 0 Å². The molecule has 0 fully saturated rings. The first-order chi connectivity index (χ1) is 2.56. The summed E-state index contributed by atoms with van der Waals surface area (Å²) in [4.78, 5) is 18.7. The fourth-order valence-electron chi connectivity index (χ4n) is 0. The van der Waals surface area contributed by atoms with E-state index in [0.717, 1.165) is 0 Å². The van der Waals surface area contributed by atoms with Crippen LogP contribution in [0.15, 0.2) is 12.4 Å². The summed E-state index contributed by atoms with van der Waals surface area (Å²) in [5, 5.41) is 0. The SMILES string of the molecule is C=CP(=O)([O-])[O-].[Zn+2]. The Kier molecular flexibility index (Phi) is 5.25. The summed E-state index contributed by atoms with van der Waals surface area (Å²) in [7, 11) is -4.38. The number of hydrogen-bond acceptors (Lipinski definition) is 3. The minimum absolute atomic E-state index is 0. The monoisotopic (exact) mass is 170 g/mol. The molecule has 0 aromatic rings. The standard InChI is InChI=1S/C2H5O3P.Zn/c1-2-6(3,4)5;/h2H,1H2,(H2,3,4,5);/q;+2/p-2. The van der Waals surface area contributed by atoms with E-state index < -0.39 is 7.60 Å². The second-order valence-corrected chi connectivity index (χ2v) is 2.17. The molecule has 0 aromatic heterocycles. The molecule has 5 heteroatoms. The molecule has 3 nitrogen and oxygen atoms in total. The smallest absolute Gasteiger partial charge is 0.808 e. The molecule has 0 radical (unpaired) electrons. The van der Waals surface area contributed by atoms with Gasteiger partial charge in [-0.15, -0.1) is 0 Å². The van der Waals surface area contributed by atoms with Gasteiger partial charge in [0.1, 0.15) is 0 Å². The molecule has 0 aliphatic rings. The van der Waals surface area contributed by atoms with Crippen molar-refractivity contribution in [2.45, 2.75) is 0 Å². The maximum atomic E-state index is 9.35. The van der Waals surface area contributed by atoms with Crippen LogP contribution in [0.3, 0.4) is 0 Å². The normalized spacial score (nSPS) is 9.43. The summed E-state index contributed by atoms with van der Waals surface area (Å²) in [6, 6.07) is 0. The molecule has 0 unspecified atom stereocenters. The van der Waals surface area contributed by atoms with E-state index in [-0.39, 0.29) is 19.5 Å². The number of hydrogen-bond donors (Lipinski definition) is 0. The molecule has 0 atom stereocenters. The zero-order chi connectivity index (χ0) is 5.21. The van der Waals surface area contributed by atoms with Crippen molar-refractivity contribution >= 4 is 7.60 Å². The van der Waals surface area contributed by atoms with Crippen molar-refractivity contribution < 1.29 is 33.8 Å². The molecule has 0 aliphatic heterocycles. The molecule has 0 aliphatic carbocycles. The van der Waals surface area contributed by atoms with Crippen LogP contribution in [0.5, 0.6) is 0 Å². The molecule has 0 saturated carbocycles. The van der Waals surface area contributed by atoms with Crippen LogP contribution in [0.1, 0.15) is 0 Å². The Morgan fingerprint density at radius 2 is 1.71 bits per heavy atom. The van der Waals surface area contributed by atoms with Crippen molar-refractivity contribution in [2.75, 3.05) is 0 Å². The van der Waals surface area contributed by atoms with E-state index in [2.05, 4.69) is 6.58 Å². The van der Waals surface area contributed by atoms with Gasteiger partial charge < -0.3 is 14.4 Å². The zero-order valence-electron chi connectivity index (χ0n) is 3.66. The largest absolute Gasteiger partial charge is 2.00 e. The summed E-state index contributed by atoms with van der Waals surface area (Å²) in [5.74, 6) is 0.382. The van der Waals surface area contributed by atoms with E-state index in [1.807, 2.05) is 0 Å². The van der Waals surface area contributed by atoms with E-state index >= 15 is 0 Å². The van der Waals surface area contributed by atoms with E-state index in [1.54, 1.807) is 0 Å². The van der Waals surface area contributed by atoms with Crippen molar-refractivity contribution in [3.63, 3.8) is 0 Å². The Morgan fingerprint density at radius 3 is 1.71 bits per heavy atom. The van der Waals surface area contributed by atoms with Gasteiger partial charge in [-0.2, -0.15) is 0 Å². The summed E-state index contributed by atoms with van der Waals surface area (Å²) >= 11 is 0. The van der Waals surface area contributed by atoms with E-state index in [4.69, 9.17) is 0 Å². The van der Waals surface area contributed by atoms with Crippen LogP contribution >= 0.6 is 7.60 Å². The molecule has 0 N–H and O–H groups in total. The topological polar surface area (TPSA) is 63.2 Å². The van der Waals surface area contributed by atoms with Crippen LogP contribution in [-0.2, 0) is 24.0 Å². The second kappa shape index (κ2) is 3.51. The molecular formula is C2H3O3PZn. The Bertz CT molecular complexity index is 95.1. The Balaban J connectivity index is 0. The van der Waals surface area contributed by atoms with Crippen molar-refractivity contribution in [3.05, 3.63) is 12.4 Å². The minimum atomic E-state index is -4.38. The van der Waals surface area contributed by atoms with Crippen molar-refractivity contribution in [3.8, 4) is 0 Å². The average molecular weight is 171 g/mol. The first-order valence-electron chi connectivity index (χ1n) is 1.21. The first kappa shape index (κ1) is 10.5. The van der Waals surface area contributed by atoms with Gasteiger partial charge >= 0.3 is 19.5 Å². The van der Waals surface area contributed by atoms with Crippen LogP contribution in [0.4, 0.5) is 0 Å². The first-order valence-corrected chi connectivity index (χ1v) is 2.83. The maximum absolute atomic E-state index is 9.35. The molecule has 0 amide bonds. The molecule has 0 bridgehead atoms. The quantitative estimate of drug-likeness (QED) is 0.377. The molecule has 0 rings (SSSR count). The van der Waals surface area contributed by atoms with Gasteiger partial charge in [-0.1, -0.05) is 12.4 Å². The molecule has 7 heavy (non-hydrogen) atoms. The summed E-state index contributed by atoms with van der Waals surface area (Å²) < 4.78 is 9.35. The molecule has 36 valence electrons. The zero-order valence-corrected chi connectivity index (χ0v) is 7.53. The molecule has 0 heterocycles. The number of rotatable bonds is 1. The third kappa shape index (κ3) is 10.7. The van der Waals surface area contributed by atoms with Crippen LogP contribution in [-0.4, -0.2) is 0 Å². The summed E-state index contributed by atoms with van der Waals surface area (Å²) in [5.41, 5.74) is 0. The van der Waals surface area contributed by atoms with Crippen molar-refractivity contribution in [1.29, 1.82) is 0 Å². The Labute approximate surface area is 54.3 Å². The van der Waals surface area contributed by atoms with Crippen molar-refractivity contribution in [1.82, 2.24) is 0 Å². The third-order valence-corrected chi connectivity index (χ3v) is 0.671. The maximum Gasteiger partial charge on any atom is 2.00 e. The van der Waals surface area contributed by atoms with Crippen LogP contribution in [0, 0.1) is 0 Å². The fourth-order valence-corrected chi connectivity index (χ4v) is 0. The van der Waals surface area contributed by atoms with Crippen LogP contribution < -0.4 is 9.79 Å². The molecular weight excluding hydrogens is 168 g/mol. The van der Waals surface area contributed by atoms with Gasteiger partial charge in [0.05, 0.1) is 0 Å². The van der Waals surface area contributed by atoms with E-state index in [9.17, 15) is 14.4 Å². The Morgan fingerprint density at radius 1 is 1.57 bits per heavy atom. The fraction of sp³-hybridized carbons (Fsp3) is 0. The second-order valence-electron chi connectivity index (χ2n) is 0.722. The van der Waals surface area contributed by atoms with Gasteiger partial charge in [-0.05, 0) is 7.60 Å². The van der Waals surface area contributed by atoms with E-state index in [1.165, 1.54) is 0 Å². The van der Waals surface area contributed by atoms with Crippen LogP contribution in [0.25, 0.3) is 0 Å². The van der Waals surface area contributed by atoms with Gasteiger partial charge in [-0.25, -0.2) is 0 Å². The van der Waals surface area contributed by atoms with Gasteiger partial charge in [-0.3, -0.25) is 0 Å². The third-order valence-electron chi connectivity index (χ3n) is 0.224.